The summed E-state index contributed by atoms with van der Waals surface area (Å²) in [4.78, 5) is 11.0. The molecular formula is C15H17FO2. The van der Waals surface area contributed by atoms with Crippen molar-refractivity contribution in [3.63, 3.8) is 0 Å². The summed E-state index contributed by atoms with van der Waals surface area (Å²) in [7, 11) is 0. The van der Waals surface area contributed by atoms with Crippen LogP contribution in [0.2, 0.25) is 0 Å². The molecule has 18 heavy (non-hydrogen) atoms. The second kappa shape index (κ2) is 4.23. The molecule has 1 aliphatic rings. The van der Waals surface area contributed by atoms with Gasteiger partial charge in [0, 0.05) is 5.41 Å². The Morgan fingerprint density at radius 1 is 1.44 bits per heavy atom. The summed E-state index contributed by atoms with van der Waals surface area (Å²) in [6.45, 7) is 6.12. The van der Waals surface area contributed by atoms with E-state index in [-0.39, 0.29) is 17.7 Å². The molecule has 0 fully saturated rings. The van der Waals surface area contributed by atoms with Crippen molar-refractivity contribution in [3.8, 4) is 0 Å². The Balaban J connectivity index is 2.65. The largest absolute Gasteiger partial charge is 0.481 e. The van der Waals surface area contributed by atoms with Crippen LogP contribution in [0.25, 0.3) is 5.57 Å². The van der Waals surface area contributed by atoms with E-state index in [1.807, 2.05) is 6.92 Å². The van der Waals surface area contributed by atoms with Gasteiger partial charge in [-0.3, -0.25) is 4.79 Å². The molecule has 1 unspecified atom stereocenters. The first-order chi connectivity index (χ1) is 8.40. The molecule has 1 aromatic rings. The van der Waals surface area contributed by atoms with E-state index in [1.54, 1.807) is 6.07 Å². The maximum atomic E-state index is 13.4. The Bertz CT molecular complexity index is 545. The van der Waals surface area contributed by atoms with Crippen LogP contribution in [0.5, 0.6) is 0 Å². The average Bonchev–Trinajstić information content (AvgIpc) is 2.51. The van der Waals surface area contributed by atoms with Crippen molar-refractivity contribution in [2.45, 2.75) is 39.0 Å². The molecule has 0 spiro atoms. The van der Waals surface area contributed by atoms with E-state index in [2.05, 4.69) is 13.8 Å². The van der Waals surface area contributed by atoms with E-state index >= 15 is 0 Å². The van der Waals surface area contributed by atoms with Crippen molar-refractivity contribution in [1.29, 1.82) is 0 Å². The van der Waals surface area contributed by atoms with E-state index in [0.717, 1.165) is 28.7 Å². The molecule has 2 rings (SSSR count). The lowest BCUT2D eigenvalue weighted by Crippen LogP contribution is -2.19. The molecule has 3 heteroatoms. The lowest BCUT2D eigenvalue weighted by Gasteiger charge is -2.26. The van der Waals surface area contributed by atoms with Crippen molar-refractivity contribution < 1.29 is 14.3 Å². The molecule has 0 heterocycles. The molecule has 0 saturated heterocycles. The summed E-state index contributed by atoms with van der Waals surface area (Å²) in [6, 6.07) is 4.69. The molecule has 0 saturated carbocycles. The highest BCUT2D eigenvalue weighted by molar-refractivity contribution is 5.90. The first kappa shape index (κ1) is 12.8. The fraction of sp³-hybridized carbons (Fsp3) is 0.400. The van der Waals surface area contributed by atoms with Gasteiger partial charge in [-0.05, 0) is 42.2 Å². The van der Waals surface area contributed by atoms with E-state index in [1.165, 1.54) is 12.1 Å². The van der Waals surface area contributed by atoms with Crippen LogP contribution < -0.4 is 0 Å². The van der Waals surface area contributed by atoms with Gasteiger partial charge in [0.05, 0.1) is 6.42 Å². The third-order valence-corrected chi connectivity index (χ3v) is 4.22. The maximum Gasteiger partial charge on any atom is 0.307 e. The minimum atomic E-state index is -0.875. The Kier molecular flexibility index (Phi) is 3.01. The second-order valence-electron chi connectivity index (χ2n) is 5.05. The molecule has 96 valence electrons. The third kappa shape index (κ3) is 1.74. The zero-order chi connectivity index (χ0) is 13.5. The van der Waals surface area contributed by atoms with Crippen LogP contribution in [0, 0.1) is 5.82 Å². The zero-order valence-electron chi connectivity index (χ0n) is 10.9. The summed E-state index contributed by atoms with van der Waals surface area (Å²) in [5.41, 5.74) is 3.45. The van der Waals surface area contributed by atoms with Gasteiger partial charge >= 0.3 is 5.97 Å². The predicted octanol–water partition coefficient (Wildman–Crippen LogP) is 3.76. The Hall–Kier alpha value is -1.64. The first-order valence-corrected chi connectivity index (χ1v) is 6.12. The van der Waals surface area contributed by atoms with Gasteiger partial charge in [-0.1, -0.05) is 25.5 Å². The molecule has 1 aliphatic carbocycles. The number of hydrogen-bond acceptors (Lipinski definition) is 1. The lowest BCUT2D eigenvalue weighted by molar-refractivity contribution is -0.135. The van der Waals surface area contributed by atoms with E-state index in [0.29, 0.717) is 0 Å². The van der Waals surface area contributed by atoms with Gasteiger partial charge in [0.1, 0.15) is 5.82 Å². The number of carboxylic acids is 1. The second-order valence-corrected chi connectivity index (χ2v) is 5.05. The van der Waals surface area contributed by atoms with E-state index < -0.39 is 5.97 Å². The van der Waals surface area contributed by atoms with E-state index in [9.17, 15) is 9.18 Å². The number of aliphatic carboxylic acids is 1. The first-order valence-electron chi connectivity index (χ1n) is 6.12. The molecule has 0 aliphatic heterocycles. The topological polar surface area (TPSA) is 37.3 Å². The molecule has 0 bridgehead atoms. The minimum absolute atomic E-state index is 0.0438. The number of carbonyl (C=O) groups is 1. The Morgan fingerprint density at radius 3 is 2.67 bits per heavy atom. The number of rotatable bonds is 3. The third-order valence-electron chi connectivity index (χ3n) is 4.22. The number of benzene rings is 1. The predicted molar refractivity (Wildman–Crippen MR) is 68.9 cm³/mol. The number of fused-ring (bicyclic) bond motifs is 1. The number of carboxylic acid groups (broad SMARTS) is 1. The van der Waals surface area contributed by atoms with E-state index in [4.69, 9.17) is 5.11 Å². The summed E-state index contributed by atoms with van der Waals surface area (Å²) in [5.74, 6) is -1.19. The Morgan fingerprint density at radius 2 is 2.11 bits per heavy atom. The Labute approximate surface area is 106 Å². The highest BCUT2D eigenvalue weighted by Crippen LogP contribution is 2.49. The highest BCUT2D eigenvalue weighted by atomic mass is 19.1. The van der Waals surface area contributed by atoms with Crippen molar-refractivity contribution in [2.75, 3.05) is 0 Å². The lowest BCUT2D eigenvalue weighted by atomic mass is 9.77. The number of hydrogen-bond donors (Lipinski definition) is 1. The van der Waals surface area contributed by atoms with Crippen molar-refractivity contribution in [2.24, 2.45) is 0 Å². The summed E-state index contributed by atoms with van der Waals surface area (Å²) in [5, 5.41) is 9.00. The molecule has 2 nitrogen and oxygen atoms in total. The van der Waals surface area contributed by atoms with Gasteiger partial charge in [-0.2, -0.15) is 0 Å². The van der Waals surface area contributed by atoms with Crippen molar-refractivity contribution in [3.05, 3.63) is 40.7 Å². The van der Waals surface area contributed by atoms with Crippen LogP contribution in [0.3, 0.4) is 0 Å². The fourth-order valence-electron chi connectivity index (χ4n) is 2.82. The van der Waals surface area contributed by atoms with Crippen LogP contribution in [-0.4, -0.2) is 11.1 Å². The number of allylic oxidation sites excluding steroid dienone is 1. The van der Waals surface area contributed by atoms with Gasteiger partial charge in [0.15, 0.2) is 0 Å². The molecule has 0 amide bonds. The van der Waals surface area contributed by atoms with Gasteiger partial charge in [0.25, 0.3) is 0 Å². The monoisotopic (exact) mass is 248 g/mol. The molecule has 0 aromatic heterocycles. The van der Waals surface area contributed by atoms with Crippen LogP contribution in [0.1, 0.15) is 44.7 Å². The summed E-state index contributed by atoms with van der Waals surface area (Å²) < 4.78 is 13.4. The number of halogens is 1. The summed E-state index contributed by atoms with van der Waals surface area (Å²) in [6.07, 6.45) is 0.832. The molecule has 1 aromatic carbocycles. The summed E-state index contributed by atoms with van der Waals surface area (Å²) >= 11 is 0. The SMILES string of the molecule is CCC1(C)C(C)=C(CC(=O)O)c2cc(F)ccc21. The van der Waals surface area contributed by atoms with Crippen molar-refractivity contribution >= 4 is 11.5 Å². The van der Waals surface area contributed by atoms with Crippen molar-refractivity contribution in [1.82, 2.24) is 0 Å². The average molecular weight is 248 g/mol. The minimum Gasteiger partial charge on any atom is -0.481 e. The van der Waals surface area contributed by atoms with Gasteiger partial charge in [-0.25, -0.2) is 4.39 Å². The van der Waals surface area contributed by atoms with Crippen LogP contribution in [0.4, 0.5) is 4.39 Å². The fourth-order valence-corrected chi connectivity index (χ4v) is 2.82. The molecule has 0 radical (unpaired) electrons. The molecular weight excluding hydrogens is 231 g/mol. The smallest absolute Gasteiger partial charge is 0.307 e. The highest BCUT2D eigenvalue weighted by Gasteiger charge is 2.38. The molecule has 1 N–H and O–H groups in total. The van der Waals surface area contributed by atoms with Crippen LogP contribution in [-0.2, 0) is 10.2 Å². The van der Waals surface area contributed by atoms with Gasteiger partial charge in [-0.15, -0.1) is 0 Å². The van der Waals surface area contributed by atoms with Crippen LogP contribution in [0.15, 0.2) is 23.8 Å². The molecule has 1 atom stereocenters. The standard InChI is InChI=1S/C15H17FO2/c1-4-15(3)9(2)11(8-14(17)18)12-7-10(16)5-6-13(12)15/h5-7H,4,8H2,1-3H3,(H,17,18). The van der Waals surface area contributed by atoms with Crippen LogP contribution >= 0.6 is 0 Å². The van der Waals surface area contributed by atoms with Gasteiger partial charge in [0.2, 0.25) is 0 Å². The quantitative estimate of drug-likeness (QED) is 0.884. The van der Waals surface area contributed by atoms with Gasteiger partial charge < -0.3 is 5.11 Å². The normalized spacial score (nSPS) is 22.2. The maximum absolute atomic E-state index is 13.4. The zero-order valence-corrected chi connectivity index (χ0v) is 10.9.